The van der Waals surface area contributed by atoms with Crippen molar-refractivity contribution in [1.29, 1.82) is 0 Å². The molecule has 11 heteroatoms. The van der Waals surface area contributed by atoms with Crippen LogP contribution in [0.15, 0.2) is 128 Å². The first kappa shape index (κ1) is 77.0. The van der Waals surface area contributed by atoms with Gasteiger partial charge in [-0.05, 0) is 186 Å². The van der Waals surface area contributed by atoms with E-state index < -0.39 is 0 Å². The normalized spacial score (nSPS) is 15.1. The molecule has 8 heterocycles. The molecular weight excluding hydrogens is 1190 g/mol. The highest BCUT2D eigenvalue weighted by Crippen LogP contribution is 2.38. The summed E-state index contributed by atoms with van der Waals surface area (Å²) in [5.41, 5.74) is 20.7. The van der Waals surface area contributed by atoms with E-state index in [1.807, 2.05) is 53.1 Å². The fraction of sp³-hybridized carbons (Fsp3) is 0.535. The number of ether oxygens (including phenoxy) is 1. The number of rotatable bonds is 8. The van der Waals surface area contributed by atoms with E-state index in [1.165, 1.54) is 97.3 Å². The van der Waals surface area contributed by atoms with Gasteiger partial charge in [0.25, 0.3) is 0 Å². The van der Waals surface area contributed by atoms with Crippen molar-refractivity contribution in [1.82, 2.24) is 43.9 Å². The first-order valence-electron chi connectivity index (χ1n) is 35.8. The van der Waals surface area contributed by atoms with Crippen molar-refractivity contribution in [3.63, 3.8) is 0 Å². The monoisotopic (exact) mass is 1310 g/mol. The lowest BCUT2D eigenvalue weighted by molar-refractivity contribution is 0.0950. The predicted molar refractivity (Wildman–Crippen MR) is 409 cm³/mol. The van der Waals surface area contributed by atoms with Gasteiger partial charge in [-0.15, -0.1) is 0 Å². The number of carbonyl (C=O) groups is 1. The lowest BCUT2D eigenvalue weighted by atomic mass is 9.78. The maximum atomic E-state index is 13.2. The number of para-hydroxylation sites is 1. The van der Waals surface area contributed by atoms with Crippen molar-refractivity contribution >= 4 is 33.3 Å². The van der Waals surface area contributed by atoms with Crippen LogP contribution in [0.2, 0.25) is 0 Å². The zero-order chi connectivity index (χ0) is 70.0. The summed E-state index contributed by atoms with van der Waals surface area (Å²) in [6.07, 6.45) is 23.7. The fourth-order valence-corrected chi connectivity index (χ4v) is 13.6. The molecular formula is C86H123N9O2. The van der Waals surface area contributed by atoms with Gasteiger partial charge in [0, 0.05) is 92.6 Å². The molecule has 0 fully saturated rings. The summed E-state index contributed by atoms with van der Waals surface area (Å²) in [5.74, 6) is 1.25. The molecule has 0 saturated heterocycles. The second kappa shape index (κ2) is 32.5. The molecule has 0 saturated carbocycles. The topological polar surface area (TPSA) is 110 Å². The van der Waals surface area contributed by atoms with E-state index in [9.17, 15) is 4.79 Å². The molecule has 524 valence electrons. The number of ketones is 1. The molecule has 3 aromatic carbocycles. The van der Waals surface area contributed by atoms with Crippen LogP contribution >= 0.6 is 0 Å². The van der Waals surface area contributed by atoms with E-state index >= 15 is 0 Å². The molecule has 1 atom stereocenters. The Morgan fingerprint density at radius 3 is 1.87 bits per heavy atom. The zero-order valence-electron chi connectivity index (χ0n) is 63.1. The predicted octanol–water partition coefficient (Wildman–Crippen LogP) is 21.4. The van der Waals surface area contributed by atoms with Crippen LogP contribution < -0.4 is 4.74 Å². The number of hydrogen-bond acceptors (Lipinski definition) is 7. The van der Waals surface area contributed by atoms with Gasteiger partial charge in [0.1, 0.15) is 5.65 Å². The summed E-state index contributed by atoms with van der Waals surface area (Å²) in [4.78, 5) is 21.9. The minimum Gasteiger partial charge on any atom is -0.478 e. The van der Waals surface area contributed by atoms with Gasteiger partial charge in [-0.2, -0.15) is 15.3 Å². The minimum absolute atomic E-state index is 0. The number of pyridine rings is 2. The number of allylic oxidation sites excluding steroid dienone is 2. The molecule has 6 aromatic heterocycles. The number of fused-ring (bicyclic) bond motifs is 6. The minimum atomic E-state index is 0. The van der Waals surface area contributed by atoms with Crippen LogP contribution in [0.1, 0.15) is 249 Å². The molecule has 0 amide bonds. The number of nitrogens with zero attached hydrogens (tertiary/aromatic N) is 9. The van der Waals surface area contributed by atoms with E-state index in [2.05, 4.69) is 264 Å². The Hall–Kier alpha value is -7.40. The SMILES string of the molecule is C.CC(C)(C)CC1=CCc2ncccc21.CC(C)(C)Cc1cc2n(n1)CCCC2.CC(C)(C)Cc1cc2n(n1)CCCO2.Cc1ccc2c(c1)CCCC2C(=O)c1cccc(CC(C)(C)C)c1.Cn1cc(CC(C)(C)C)c2cccnc21.Cn1nc(CC(C)(C)C)c2ccccc21. The van der Waals surface area contributed by atoms with Gasteiger partial charge in [-0.25, -0.2) is 9.67 Å². The molecule has 1 unspecified atom stereocenters. The maximum Gasteiger partial charge on any atom is 0.211 e. The van der Waals surface area contributed by atoms with Gasteiger partial charge < -0.3 is 9.30 Å². The summed E-state index contributed by atoms with van der Waals surface area (Å²) in [7, 11) is 4.07. The maximum absolute atomic E-state index is 13.2. The van der Waals surface area contributed by atoms with Gasteiger partial charge >= 0.3 is 0 Å². The van der Waals surface area contributed by atoms with Gasteiger partial charge in [-0.1, -0.05) is 204 Å². The number of hydrogen-bond donors (Lipinski definition) is 0. The second-order valence-electron chi connectivity index (χ2n) is 35.0. The molecule has 0 spiro atoms. The standard InChI is InChI=1S/C23H28O.2C13H18N2.C13H17N.C12H20N2.C11H18N2O.CH4/c1-16-11-12-20-18(13-16)8-6-10-21(20)22(24)19-9-5-7-17(14-19)15-23(2,3)4;1-13(2,3)8-10-9-15(4)12-11(10)6-5-7-14-12;1-13(2,3)9-11-10-7-5-6-8-12(10)15(4)14-11;1-13(2,3)9-10-6-7-12-11(10)5-4-8-14-12;1-12(2,3)9-10-8-11-6-4-5-7-14(11)13-10;1-11(2,3)8-9-7-10-13(12-9)5-4-6-14-10;/h5,7,9,11-14,21H,6,8,10,15H2,1-4H3;5-7,9H,8H2,1-4H3;5-8H,9H2,1-4H3;4-6,8H,7,9H2,1-3H3;8H,4-7,9H2,1-3H3;7H,4-6,8H2,1-3H3;1H4. The third-order valence-electron chi connectivity index (χ3n) is 17.4. The summed E-state index contributed by atoms with van der Waals surface area (Å²) < 4.78 is 13.8. The Morgan fingerprint density at radius 2 is 1.20 bits per heavy atom. The molecule has 4 aliphatic rings. The summed E-state index contributed by atoms with van der Waals surface area (Å²) in [6.45, 7) is 45.7. The Labute approximate surface area is 585 Å². The van der Waals surface area contributed by atoms with Crippen LogP contribution in [-0.4, -0.2) is 56.3 Å². The van der Waals surface area contributed by atoms with Crippen molar-refractivity contribution in [3.05, 3.63) is 195 Å². The summed E-state index contributed by atoms with van der Waals surface area (Å²) in [6, 6.07) is 36.0. The Balaban J connectivity index is 0.000000166. The largest absolute Gasteiger partial charge is 0.478 e. The van der Waals surface area contributed by atoms with E-state index in [0.29, 0.717) is 21.7 Å². The molecule has 11 nitrogen and oxygen atoms in total. The lowest BCUT2D eigenvalue weighted by Gasteiger charge is -2.25. The van der Waals surface area contributed by atoms with Gasteiger partial charge in [0.15, 0.2) is 5.78 Å². The van der Waals surface area contributed by atoms with Crippen molar-refractivity contribution in [3.8, 4) is 5.88 Å². The Kier molecular flexibility index (Phi) is 25.8. The molecule has 2 aliphatic heterocycles. The smallest absolute Gasteiger partial charge is 0.211 e. The third kappa shape index (κ3) is 23.7. The molecule has 97 heavy (non-hydrogen) atoms. The van der Waals surface area contributed by atoms with Crippen LogP contribution in [0.25, 0.3) is 27.5 Å². The summed E-state index contributed by atoms with van der Waals surface area (Å²) in [5, 5.41) is 16.3. The fourth-order valence-electron chi connectivity index (χ4n) is 13.6. The Morgan fingerprint density at radius 1 is 0.567 bits per heavy atom. The van der Waals surface area contributed by atoms with Crippen molar-refractivity contribution in [2.24, 2.45) is 46.6 Å². The molecule has 9 aromatic rings. The van der Waals surface area contributed by atoms with Gasteiger partial charge in [-0.3, -0.25) is 19.1 Å². The number of Topliss-reactive ketones (excluding diaryl/α,β-unsaturated/α-hetero) is 1. The van der Waals surface area contributed by atoms with Crippen LogP contribution in [0.4, 0.5) is 0 Å². The average molecular weight is 1310 g/mol. The highest BCUT2D eigenvalue weighted by atomic mass is 16.5. The lowest BCUT2D eigenvalue weighted by Crippen LogP contribution is -2.19. The van der Waals surface area contributed by atoms with Crippen molar-refractivity contribution in [2.45, 2.75) is 248 Å². The number of aromatic nitrogens is 9. The van der Waals surface area contributed by atoms with E-state index in [1.54, 1.807) is 0 Å². The number of carbonyl (C=O) groups excluding carboxylic acids is 1. The highest BCUT2D eigenvalue weighted by Gasteiger charge is 2.29. The second-order valence-corrected chi connectivity index (χ2v) is 35.0. The van der Waals surface area contributed by atoms with Crippen LogP contribution in [0.3, 0.4) is 0 Å². The number of aryl methyl sites for hydroxylation is 7. The van der Waals surface area contributed by atoms with E-state index in [-0.39, 0.29) is 30.0 Å². The first-order chi connectivity index (χ1) is 44.9. The molecule has 0 N–H and O–H groups in total. The molecule has 2 aliphatic carbocycles. The Bertz CT molecular complexity index is 3840. The van der Waals surface area contributed by atoms with Crippen molar-refractivity contribution in [2.75, 3.05) is 6.61 Å². The quantitative estimate of drug-likeness (QED) is 0.139. The highest BCUT2D eigenvalue weighted by molar-refractivity contribution is 6.01. The third-order valence-corrected chi connectivity index (χ3v) is 17.4. The zero-order valence-corrected chi connectivity index (χ0v) is 63.1. The van der Waals surface area contributed by atoms with Crippen LogP contribution in [-0.2, 0) is 78.6 Å². The van der Waals surface area contributed by atoms with E-state index in [0.717, 1.165) is 113 Å². The summed E-state index contributed by atoms with van der Waals surface area (Å²) >= 11 is 0. The van der Waals surface area contributed by atoms with Gasteiger partial charge in [0.2, 0.25) is 5.88 Å². The van der Waals surface area contributed by atoms with Crippen molar-refractivity contribution < 1.29 is 9.53 Å². The van der Waals surface area contributed by atoms with Crippen LogP contribution in [0.5, 0.6) is 5.88 Å². The van der Waals surface area contributed by atoms with Gasteiger partial charge in [0.05, 0.1) is 34.9 Å². The van der Waals surface area contributed by atoms with Crippen LogP contribution in [0, 0.1) is 39.4 Å². The molecule has 0 bridgehead atoms. The average Bonchev–Trinajstić information content (AvgIpc) is 1.66. The van der Waals surface area contributed by atoms with E-state index in [4.69, 9.17) is 4.74 Å². The first-order valence-corrected chi connectivity index (χ1v) is 35.8. The molecule has 0 radical (unpaired) electrons. The molecule has 13 rings (SSSR count). The number of benzene rings is 3.